The minimum Gasteiger partial charge on any atom is -0.439 e. The molecule has 0 aliphatic rings. The number of carbonyl (C=O) groups is 1. The van der Waals surface area contributed by atoms with Gasteiger partial charge in [0.15, 0.2) is 11.9 Å². The minimum atomic E-state index is 0.539. The number of aromatic nitrogens is 1. The number of para-hydroxylation sites is 1. The monoisotopic (exact) mass is 239 g/mol. The summed E-state index contributed by atoms with van der Waals surface area (Å²) in [4.78, 5) is 14.8. The molecule has 2 aromatic rings. The Hall–Kier alpha value is -1.16. The van der Waals surface area contributed by atoms with E-state index in [1.807, 2.05) is 6.07 Å². The predicted molar refractivity (Wildman–Crippen MR) is 52.0 cm³/mol. The maximum absolute atomic E-state index is 10.6. The van der Waals surface area contributed by atoms with Gasteiger partial charge < -0.3 is 4.42 Å². The third-order valence-electron chi connectivity index (χ3n) is 1.73. The summed E-state index contributed by atoms with van der Waals surface area (Å²) < 4.78 is 5.35. The van der Waals surface area contributed by atoms with E-state index < -0.39 is 0 Å². The minimum absolute atomic E-state index is 0.539. The molecule has 4 heteroatoms. The van der Waals surface area contributed by atoms with E-state index >= 15 is 0 Å². The van der Waals surface area contributed by atoms with Gasteiger partial charge in [0, 0.05) is 0 Å². The maximum atomic E-state index is 10.6. The van der Waals surface area contributed by atoms with Gasteiger partial charge in [-0.1, -0.05) is 22.0 Å². The number of aldehydes is 1. The molecule has 0 radical (unpaired) electrons. The Morgan fingerprint density at radius 2 is 2.38 bits per heavy atom. The normalized spacial score (nSPS) is 10.5. The number of hydrogen-bond donors (Lipinski definition) is 0. The molecular weight excluding hydrogens is 234 g/mol. The van der Waals surface area contributed by atoms with Crippen LogP contribution in [0.25, 0.3) is 11.1 Å². The lowest BCUT2D eigenvalue weighted by Crippen LogP contribution is -1.78. The van der Waals surface area contributed by atoms with Crippen LogP contribution in [-0.4, -0.2) is 11.3 Å². The fraction of sp³-hybridized carbons (Fsp3) is 0.111. The summed E-state index contributed by atoms with van der Waals surface area (Å²) in [5.74, 6) is 0.587. The Morgan fingerprint density at radius 3 is 3.08 bits per heavy atom. The van der Waals surface area contributed by atoms with E-state index in [0.29, 0.717) is 22.4 Å². The molecule has 1 heterocycles. The standard InChI is InChI=1S/C9H6BrNO2/c10-4-8-11-7-3-1-2-6(5-12)9(7)13-8/h1-3,5H,4H2. The van der Waals surface area contributed by atoms with E-state index in [0.717, 1.165) is 11.8 Å². The van der Waals surface area contributed by atoms with Crippen LogP contribution in [0, 0.1) is 0 Å². The van der Waals surface area contributed by atoms with E-state index in [1.165, 1.54) is 0 Å². The lowest BCUT2D eigenvalue weighted by Gasteiger charge is -1.88. The van der Waals surface area contributed by atoms with Gasteiger partial charge in [0.25, 0.3) is 0 Å². The fourth-order valence-corrected chi connectivity index (χ4v) is 1.41. The zero-order valence-corrected chi connectivity index (χ0v) is 8.24. The van der Waals surface area contributed by atoms with Crippen molar-refractivity contribution >= 4 is 33.3 Å². The highest BCUT2D eigenvalue weighted by Gasteiger charge is 2.07. The molecule has 0 unspecified atom stereocenters. The maximum Gasteiger partial charge on any atom is 0.206 e. The van der Waals surface area contributed by atoms with Gasteiger partial charge >= 0.3 is 0 Å². The molecular formula is C9H6BrNO2. The van der Waals surface area contributed by atoms with Crippen LogP contribution in [0.3, 0.4) is 0 Å². The summed E-state index contributed by atoms with van der Waals surface area (Å²) in [6, 6.07) is 5.31. The van der Waals surface area contributed by atoms with E-state index in [-0.39, 0.29) is 0 Å². The highest BCUT2D eigenvalue weighted by molar-refractivity contribution is 9.08. The van der Waals surface area contributed by atoms with Crippen LogP contribution in [0.5, 0.6) is 0 Å². The number of benzene rings is 1. The molecule has 2 rings (SSSR count). The van der Waals surface area contributed by atoms with Crippen molar-refractivity contribution in [1.82, 2.24) is 4.98 Å². The number of carbonyl (C=O) groups excluding carboxylic acids is 1. The second-order valence-corrected chi connectivity index (χ2v) is 3.12. The molecule has 0 N–H and O–H groups in total. The highest BCUT2D eigenvalue weighted by Crippen LogP contribution is 2.19. The van der Waals surface area contributed by atoms with Crippen molar-refractivity contribution in [3.8, 4) is 0 Å². The van der Waals surface area contributed by atoms with Crippen LogP contribution in [0.15, 0.2) is 22.6 Å². The first kappa shape index (κ1) is 8.44. The van der Waals surface area contributed by atoms with Crippen molar-refractivity contribution in [3.05, 3.63) is 29.7 Å². The average Bonchev–Trinajstić information content (AvgIpc) is 2.59. The zero-order valence-electron chi connectivity index (χ0n) is 6.66. The van der Waals surface area contributed by atoms with Gasteiger partial charge in [-0.3, -0.25) is 4.79 Å². The number of rotatable bonds is 2. The lowest BCUT2D eigenvalue weighted by molar-refractivity contribution is 0.112. The molecule has 0 bridgehead atoms. The number of oxazole rings is 1. The Kier molecular flexibility index (Phi) is 2.14. The number of alkyl halides is 1. The summed E-state index contributed by atoms with van der Waals surface area (Å²) in [6.45, 7) is 0. The van der Waals surface area contributed by atoms with Crippen LogP contribution >= 0.6 is 15.9 Å². The van der Waals surface area contributed by atoms with Crippen molar-refractivity contribution in [3.63, 3.8) is 0 Å². The summed E-state index contributed by atoms with van der Waals surface area (Å²) in [7, 11) is 0. The summed E-state index contributed by atoms with van der Waals surface area (Å²) >= 11 is 3.24. The molecule has 0 aliphatic carbocycles. The second kappa shape index (κ2) is 3.30. The van der Waals surface area contributed by atoms with Crippen molar-refractivity contribution in [1.29, 1.82) is 0 Å². The largest absolute Gasteiger partial charge is 0.439 e. The number of nitrogens with zero attached hydrogens (tertiary/aromatic N) is 1. The summed E-state index contributed by atoms with van der Waals surface area (Å²) in [6.07, 6.45) is 0.769. The molecule has 0 spiro atoms. The van der Waals surface area contributed by atoms with Gasteiger partial charge in [0.05, 0.1) is 10.9 Å². The molecule has 66 valence electrons. The molecule has 0 fully saturated rings. The fourth-order valence-electron chi connectivity index (χ4n) is 1.17. The molecule has 13 heavy (non-hydrogen) atoms. The summed E-state index contributed by atoms with van der Waals surface area (Å²) in [5.41, 5.74) is 1.82. The van der Waals surface area contributed by atoms with E-state index in [4.69, 9.17) is 4.42 Å². The molecule has 1 aromatic heterocycles. The predicted octanol–water partition coefficient (Wildman–Crippen LogP) is 2.54. The van der Waals surface area contributed by atoms with Crippen LogP contribution in [0.2, 0.25) is 0 Å². The Labute approximate surface area is 82.9 Å². The molecule has 1 aromatic carbocycles. The van der Waals surface area contributed by atoms with Gasteiger partial charge in [-0.25, -0.2) is 4.98 Å². The molecule has 0 aliphatic heterocycles. The van der Waals surface area contributed by atoms with Gasteiger partial charge in [-0.15, -0.1) is 0 Å². The van der Waals surface area contributed by atoms with Gasteiger partial charge in [-0.2, -0.15) is 0 Å². The first-order valence-corrected chi connectivity index (χ1v) is 4.87. The third kappa shape index (κ3) is 1.37. The van der Waals surface area contributed by atoms with Crippen LogP contribution in [0.1, 0.15) is 16.2 Å². The SMILES string of the molecule is O=Cc1cccc2nc(CBr)oc12. The van der Waals surface area contributed by atoms with Crippen molar-refractivity contribution in [2.75, 3.05) is 0 Å². The molecule has 0 saturated carbocycles. The third-order valence-corrected chi connectivity index (χ3v) is 2.21. The molecule has 0 atom stereocenters. The van der Waals surface area contributed by atoms with Crippen molar-refractivity contribution in [2.24, 2.45) is 0 Å². The molecule has 3 nitrogen and oxygen atoms in total. The molecule has 0 saturated heterocycles. The average molecular weight is 240 g/mol. The van der Waals surface area contributed by atoms with Crippen LogP contribution in [-0.2, 0) is 5.33 Å². The van der Waals surface area contributed by atoms with Gasteiger partial charge in [0.1, 0.15) is 5.52 Å². The van der Waals surface area contributed by atoms with Crippen molar-refractivity contribution < 1.29 is 9.21 Å². The Morgan fingerprint density at radius 1 is 1.54 bits per heavy atom. The van der Waals surface area contributed by atoms with E-state index in [1.54, 1.807) is 12.1 Å². The molecule has 0 amide bonds. The Bertz CT molecular complexity index is 450. The topological polar surface area (TPSA) is 43.1 Å². The summed E-state index contributed by atoms with van der Waals surface area (Å²) in [5, 5.41) is 0.556. The van der Waals surface area contributed by atoms with E-state index in [2.05, 4.69) is 20.9 Å². The van der Waals surface area contributed by atoms with E-state index in [9.17, 15) is 4.79 Å². The number of halogens is 1. The van der Waals surface area contributed by atoms with Crippen LogP contribution < -0.4 is 0 Å². The van der Waals surface area contributed by atoms with Crippen LogP contribution in [0.4, 0.5) is 0 Å². The highest BCUT2D eigenvalue weighted by atomic mass is 79.9. The van der Waals surface area contributed by atoms with Gasteiger partial charge in [0.2, 0.25) is 5.89 Å². The second-order valence-electron chi connectivity index (χ2n) is 2.55. The first-order chi connectivity index (χ1) is 6.35. The van der Waals surface area contributed by atoms with Crippen molar-refractivity contribution in [2.45, 2.75) is 5.33 Å². The smallest absolute Gasteiger partial charge is 0.206 e. The zero-order chi connectivity index (χ0) is 9.26. The Balaban J connectivity index is 2.74. The van der Waals surface area contributed by atoms with Gasteiger partial charge in [-0.05, 0) is 12.1 Å². The number of hydrogen-bond acceptors (Lipinski definition) is 3. The first-order valence-electron chi connectivity index (χ1n) is 3.74. The quantitative estimate of drug-likeness (QED) is 0.598. The number of fused-ring (bicyclic) bond motifs is 1. The lowest BCUT2D eigenvalue weighted by atomic mass is 10.2.